The molecule has 4 heteroatoms. The van der Waals surface area contributed by atoms with Gasteiger partial charge in [-0.15, -0.1) is 0 Å². The van der Waals surface area contributed by atoms with Crippen molar-refractivity contribution in [3.05, 3.63) is 38.5 Å². The van der Waals surface area contributed by atoms with Crippen LogP contribution in [0, 0.1) is 3.57 Å². The standard InChI is InChI=1S/C13H15IN2O/c1-2-3-4-7-16-9-11(14)13(17)10-8-15-6-5-12(10)16/h5-6,8-9H,2-4,7H2,1H3. The first-order valence-electron chi connectivity index (χ1n) is 5.86. The first-order chi connectivity index (χ1) is 8.24. The van der Waals surface area contributed by atoms with Crippen molar-refractivity contribution >= 4 is 33.5 Å². The molecule has 0 aliphatic rings. The summed E-state index contributed by atoms with van der Waals surface area (Å²) in [7, 11) is 0. The Morgan fingerprint density at radius 2 is 2.24 bits per heavy atom. The average Bonchev–Trinajstić information content (AvgIpc) is 2.36. The number of unbranched alkanes of at least 4 members (excludes halogenated alkanes) is 2. The minimum Gasteiger partial charge on any atom is -0.346 e. The van der Waals surface area contributed by atoms with Gasteiger partial charge in [0.1, 0.15) is 0 Å². The Balaban J connectivity index is 2.48. The van der Waals surface area contributed by atoms with Crippen LogP contribution in [0.3, 0.4) is 0 Å². The van der Waals surface area contributed by atoms with Crippen LogP contribution < -0.4 is 5.43 Å². The van der Waals surface area contributed by atoms with Gasteiger partial charge in [0.25, 0.3) is 0 Å². The second-order valence-electron chi connectivity index (χ2n) is 4.10. The Morgan fingerprint density at radius 1 is 1.41 bits per heavy atom. The zero-order valence-corrected chi connectivity index (χ0v) is 12.0. The van der Waals surface area contributed by atoms with Gasteiger partial charge in [0.15, 0.2) is 0 Å². The van der Waals surface area contributed by atoms with Gasteiger partial charge < -0.3 is 4.57 Å². The molecule has 0 bridgehead atoms. The molecular weight excluding hydrogens is 327 g/mol. The van der Waals surface area contributed by atoms with E-state index in [1.807, 2.05) is 12.3 Å². The molecule has 0 radical (unpaired) electrons. The molecule has 17 heavy (non-hydrogen) atoms. The van der Waals surface area contributed by atoms with Crippen molar-refractivity contribution in [3.63, 3.8) is 0 Å². The van der Waals surface area contributed by atoms with E-state index in [0.717, 1.165) is 27.4 Å². The van der Waals surface area contributed by atoms with Crippen molar-refractivity contribution in [1.29, 1.82) is 0 Å². The summed E-state index contributed by atoms with van der Waals surface area (Å²) in [6, 6.07) is 1.92. The van der Waals surface area contributed by atoms with Gasteiger partial charge in [-0.3, -0.25) is 9.78 Å². The fourth-order valence-corrected chi connectivity index (χ4v) is 2.55. The third-order valence-electron chi connectivity index (χ3n) is 2.84. The highest BCUT2D eigenvalue weighted by molar-refractivity contribution is 14.1. The van der Waals surface area contributed by atoms with Crippen molar-refractivity contribution < 1.29 is 0 Å². The number of halogens is 1. The zero-order valence-electron chi connectivity index (χ0n) is 9.82. The molecule has 0 amide bonds. The molecule has 2 aromatic heterocycles. The predicted octanol–water partition coefficient (Wildman–Crippen LogP) is 3.19. The number of fused-ring (bicyclic) bond motifs is 1. The number of rotatable bonds is 4. The Labute approximate surface area is 114 Å². The quantitative estimate of drug-likeness (QED) is 0.632. The van der Waals surface area contributed by atoms with E-state index in [9.17, 15) is 4.79 Å². The van der Waals surface area contributed by atoms with E-state index in [1.54, 1.807) is 12.4 Å². The summed E-state index contributed by atoms with van der Waals surface area (Å²) in [5, 5.41) is 0.718. The average molecular weight is 342 g/mol. The van der Waals surface area contributed by atoms with Crippen LogP contribution in [0.15, 0.2) is 29.5 Å². The summed E-state index contributed by atoms with van der Waals surface area (Å²) in [6.45, 7) is 3.15. The lowest BCUT2D eigenvalue weighted by molar-refractivity contribution is 0.612. The first-order valence-corrected chi connectivity index (χ1v) is 6.94. The van der Waals surface area contributed by atoms with E-state index in [-0.39, 0.29) is 5.43 Å². The Bertz CT molecular complexity index is 577. The molecule has 0 fully saturated rings. The SMILES string of the molecule is CCCCCn1cc(I)c(=O)c2cnccc21. The highest BCUT2D eigenvalue weighted by Gasteiger charge is 2.06. The van der Waals surface area contributed by atoms with Crippen LogP contribution in [-0.4, -0.2) is 9.55 Å². The molecule has 2 heterocycles. The van der Waals surface area contributed by atoms with Crippen molar-refractivity contribution in [1.82, 2.24) is 9.55 Å². The van der Waals surface area contributed by atoms with Crippen molar-refractivity contribution in [2.45, 2.75) is 32.7 Å². The minimum atomic E-state index is 0.0837. The predicted molar refractivity (Wildman–Crippen MR) is 78.2 cm³/mol. The summed E-state index contributed by atoms with van der Waals surface area (Å²) in [6.07, 6.45) is 8.92. The molecule has 0 saturated heterocycles. The molecule has 0 N–H and O–H groups in total. The molecule has 0 spiro atoms. The van der Waals surface area contributed by atoms with Crippen LogP contribution in [0.4, 0.5) is 0 Å². The topological polar surface area (TPSA) is 34.9 Å². The molecule has 0 saturated carbocycles. The van der Waals surface area contributed by atoms with Crippen molar-refractivity contribution in [2.75, 3.05) is 0 Å². The van der Waals surface area contributed by atoms with Crippen LogP contribution in [0.1, 0.15) is 26.2 Å². The largest absolute Gasteiger partial charge is 0.346 e. The first kappa shape index (κ1) is 12.5. The molecule has 90 valence electrons. The molecule has 0 aliphatic carbocycles. The zero-order chi connectivity index (χ0) is 12.3. The van der Waals surface area contributed by atoms with Gasteiger partial charge in [0.05, 0.1) is 14.5 Å². The maximum atomic E-state index is 11.9. The van der Waals surface area contributed by atoms with Crippen molar-refractivity contribution in [2.24, 2.45) is 0 Å². The third-order valence-corrected chi connectivity index (χ3v) is 3.61. The molecule has 0 atom stereocenters. The molecule has 0 aromatic carbocycles. The van der Waals surface area contributed by atoms with Gasteiger partial charge in [-0.05, 0) is 35.1 Å². The van der Waals surface area contributed by atoms with Gasteiger partial charge in [-0.25, -0.2) is 0 Å². The summed E-state index contributed by atoms with van der Waals surface area (Å²) in [5.41, 5.74) is 1.07. The van der Waals surface area contributed by atoms with Crippen LogP contribution >= 0.6 is 22.6 Å². The molecule has 0 unspecified atom stereocenters. The third kappa shape index (κ3) is 2.68. The summed E-state index contributed by atoms with van der Waals surface area (Å²) < 4.78 is 2.93. The highest BCUT2D eigenvalue weighted by atomic mass is 127. The maximum Gasteiger partial charge on any atom is 0.204 e. The van der Waals surface area contributed by atoms with Gasteiger partial charge in [-0.2, -0.15) is 0 Å². The maximum absolute atomic E-state index is 11.9. The van der Waals surface area contributed by atoms with Crippen LogP contribution in [0.5, 0.6) is 0 Å². The van der Waals surface area contributed by atoms with Gasteiger partial charge in [0, 0.05) is 25.1 Å². The fraction of sp³-hybridized carbons (Fsp3) is 0.385. The number of pyridine rings is 2. The van der Waals surface area contributed by atoms with E-state index in [4.69, 9.17) is 0 Å². The van der Waals surface area contributed by atoms with Gasteiger partial charge >= 0.3 is 0 Å². The second-order valence-corrected chi connectivity index (χ2v) is 5.26. The molecule has 2 rings (SSSR count). The molecule has 2 aromatic rings. The lowest BCUT2D eigenvalue weighted by atomic mass is 10.2. The molecule has 3 nitrogen and oxygen atoms in total. The van der Waals surface area contributed by atoms with E-state index in [1.165, 1.54) is 12.8 Å². The number of aryl methyl sites for hydroxylation is 1. The van der Waals surface area contributed by atoms with E-state index in [2.05, 4.69) is 39.1 Å². The Hall–Kier alpha value is -0.910. The van der Waals surface area contributed by atoms with E-state index in [0.29, 0.717) is 0 Å². The fourth-order valence-electron chi connectivity index (χ4n) is 1.92. The van der Waals surface area contributed by atoms with Crippen LogP contribution in [-0.2, 0) is 6.54 Å². The second kappa shape index (κ2) is 5.62. The normalized spacial score (nSPS) is 10.9. The molecule has 0 aliphatic heterocycles. The lowest BCUT2D eigenvalue weighted by Gasteiger charge is -2.10. The van der Waals surface area contributed by atoms with Crippen LogP contribution in [0.2, 0.25) is 0 Å². The summed E-state index contributed by atoms with van der Waals surface area (Å²) in [5.74, 6) is 0. The Morgan fingerprint density at radius 3 is 3.00 bits per heavy atom. The van der Waals surface area contributed by atoms with E-state index < -0.39 is 0 Å². The monoisotopic (exact) mass is 342 g/mol. The number of hydrogen-bond acceptors (Lipinski definition) is 2. The highest BCUT2D eigenvalue weighted by Crippen LogP contribution is 2.12. The van der Waals surface area contributed by atoms with Crippen molar-refractivity contribution in [3.8, 4) is 0 Å². The van der Waals surface area contributed by atoms with Crippen LogP contribution in [0.25, 0.3) is 10.9 Å². The summed E-state index contributed by atoms with van der Waals surface area (Å²) >= 11 is 2.10. The number of nitrogens with zero attached hydrogens (tertiary/aromatic N) is 2. The molecular formula is C13H15IN2O. The van der Waals surface area contributed by atoms with Gasteiger partial charge in [-0.1, -0.05) is 19.8 Å². The minimum absolute atomic E-state index is 0.0837. The lowest BCUT2D eigenvalue weighted by Crippen LogP contribution is -2.12. The van der Waals surface area contributed by atoms with E-state index >= 15 is 0 Å². The number of hydrogen-bond donors (Lipinski definition) is 0. The smallest absolute Gasteiger partial charge is 0.204 e. The van der Waals surface area contributed by atoms with Gasteiger partial charge in [0.2, 0.25) is 5.43 Å². The number of aromatic nitrogens is 2. The summed E-state index contributed by atoms with van der Waals surface area (Å²) in [4.78, 5) is 16.0. The Kier molecular flexibility index (Phi) is 4.15.